The smallest absolute Gasteiger partial charge is 0.00978 e. The van der Waals surface area contributed by atoms with Crippen molar-refractivity contribution < 1.29 is 0 Å². The van der Waals surface area contributed by atoms with Gasteiger partial charge in [-0.2, -0.15) is 37.9 Å². The van der Waals surface area contributed by atoms with Gasteiger partial charge in [-0.15, -0.1) is 7.92 Å². The quantitative estimate of drug-likeness (QED) is 0.262. The van der Waals surface area contributed by atoms with Gasteiger partial charge < -0.3 is 0 Å². The maximum absolute atomic E-state index is 4.28. The van der Waals surface area contributed by atoms with Crippen LogP contribution in [0.2, 0.25) is 0 Å². The van der Waals surface area contributed by atoms with Crippen LogP contribution in [0.1, 0.15) is 38.5 Å². The monoisotopic (exact) mass is 298 g/mol. The van der Waals surface area contributed by atoms with Crippen molar-refractivity contribution in [3.05, 3.63) is 0 Å². The van der Waals surface area contributed by atoms with Crippen LogP contribution in [0, 0.1) is 0 Å². The molecule has 0 saturated heterocycles. The molecule has 0 amide bonds. The van der Waals surface area contributed by atoms with Crippen molar-refractivity contribution in [1.82, 2.24) is 0 Å². The van der Waals surface area contributed by atoms with E-state index in [0.29, 0.717) is 7.92 Å². The highest BCUT2D eigenvalue weighted by molar-refractivity contribution is 7.80. The molecule has 0 aliphatic carbocycles. The molecule has 0 unspecified atom stereocenters. The van der Waals surface area contributed by atoms with Crippen LogP contribution in [0.15, 0.2) is 0 Å². The third-order valence-corrected chi connectivity index (χ3v) is 6.44. The zero-order chi connectivity index (χ0) is 12.1. The third-order valence-electron chi connectivity index (χ3n) is 2.65. The van der Waals surface area contributed by atoms with Gasteiger partial charge in [-0.05, 0) is 74.3 Å². The molecule has 0 aromatic carbocycles. The van der Waals surface area contributed by atoms with Crippen molar-refractivity contribution >= 4 is 45.8 Å². The van der Waals surface area contributed by atoms with E-state index in [2.05, 4.69) is 37.9 Å². The van der Waals surface area contributed by atoms with Crippen molar-refractivity contribution in [3.8, 4) is 0 Å². The summed E-state index contributed by atoms with van der Waals surface area (Å²) in [4.78, 5) is 0. The van der Waals surface area contributed by atoms with Gasteiger partial charge in [0.15, 0.2) is 0 Å². The van der Waals surface area contributed by atoms with E-state index in [0.717, 1.165) is 17.3 Å². The molecule has 0 N–H and O–H groups in total. The van der Waals surface area contributed by atoms with Crippen molar-refractivity contribution in [3.63, 3.8) is 0 Å². The van der Waals surface area contributed by atoms with Crippen molar-refractivity contribution in [2.75, 3.05) is 35.7 Å². The van der Waals surface area contributed by atoms with Crippen LogP contribution in [0.3, 0.4) is 0 Å². The summed E-state index contributed by atoms with van der Waals surface area (Å²) >= 11 is 12.8. The van der Waals surface area contributed by atoms with Gasteiger partial charge in [-0.3, -0.25) is 0 Å². The summed E-state index contributed by atoms with van der Waals surface area (Å²) in [6.45, 7) is 0. The zero-order valence-electron chi connectivity index (χ0n) is 10.3. The molecular formula is C12H27PS3. The minimum absolute atomic E-state index is 0.303. The lowest BCUT2D eigenvalue weighted by Crippen LogP contribution is -1.97. The average molecular weight is 299 g/mol. The van der Waals surface area contributed by atoms with Crippen LogP contribution in [0.25, 0.3) is 0 Å². The largest absolute Gasteiger partial charge is 0.179 e. The number of hydrogen-bond acceptors (Lipinski definition) is 3. The van der Waals surface area contributed by atoms with Gasteiger partial charge in [0.25, 0.3) is 0 Å². The molecule has 0 nitrogen and oxygen atoms in total. The van der Waals surface area contributed by atoms with Crippen molar-refractivity contribution in [2.45, 2.75) is 38.5 Å². The summed E-state index contributed by atoms with van der Waals surface area (Å²) in [7, 11) is 0.303. The second-order valence-electron chi connectivity index (χ2n) is 4.13. The summed E-state index contributed by atoms with van der Waals surface area (Å²) < 4.78 is 0. The molecule has 0 radical (unpaired) electrons. The SMILES string of the molecule is SCCCCP(CCCCS)CCCCS. The molecule has 98 valence electrons. The lowest BCUT2D eigenvalue weighted by molar-refractivity contribution is 0.858. The normalized spacial score (nSPS) is 11.2. The van der Waals surface area contributed by atoms with Crippen LogP contribution in [-0.4, -0.2) is 35.7 Å². The predicted molar refractivity (Wildman–Crippen MR) is 90.8 cm³/mol. The molecule has 0 aromatic heterocycles. The van der Waals surface area contributed by atoms with E-state index < -0.39 is 0 Å². The molecule has 0 rings (SSSR count). The second-order valence-corrected chi connectivity index (χ2v) is 8.16. The highest BCUT2D eigenvalue weighted by Gasteiger charge is 2.06. The lowest BCUT2D eigenvalue weighted by Gasteiger charge is -2.17. The van der Waals surface area contributed by atoms with Gasteiger partial charge >= 0.3 is 0 Å². The molecule has 0 aliphatic rings. The third kappa shape index (κ3) is 12.0. The molecule has 0 atom stereocenters. The Morgan fingerprint density at radius 2 is 0.812 bits per heavy atom. The molecule has 16 heavy (non-hydrogen) atoms. The van der Waals surface area contributed by atoms with E-state index in [1.54, 1.807) is 0 Å². The Labute approximate surface area is 120 Å². The van der Waals surface area contributed by atoms with Crippen LogP contribution >= 0.6 is 45.8 Å². The van der Waals surface area contributed by atoms with Crippen LogP contribution < -0.4 is 0 Å². The molecule has 0 spiro atoms. The second kappa shape index (κ2) is 14.5. The first-order valence-electron chi connectivity index (χ1n) is 6.40. The van der Waals surface area contributed by atoms with Gasteiger partial charge in [0, 0.05) is 0 Å². The Hall–Kier alpha value is 1.48. The molecule has 0 aliphatic heterocycles. The molecule has 0 fully saturated rings. The lowest BCUT2D eigenvalue weighted by atomic mass is 10.4. The highest BCUT2D eigenvalue weighted by Crippen LogP contribution is 2.38. The van der Waals surface area contributed by atoms with Crippen LogP contribution in [0.5, 0.6) is 0 Å². The van der Waals surface area contributed by atoms with E-state index in [1.807, 2.05) is 0 Å². The fourth-order valence-corrected chi connectivity index (χ4v) is 5.03. The molecule has 0 saturated carbocycles. The maximum Gasteiger partial charge on any atom is -0.00978 e. The van der Waals surface area contributed by atoms with E-state index in [1.165, 1.54) is 57.0 Å². The Bertz CT molecular complexity index is 110. The Morgan fingerprint density at radius 3 is 1.06 bits per heavy atom. The number of unbranched alkanes of at least 4 members (excludes halogenated alkanes) is 3. The van der Waals surface area contributed by atoms with E-state index in [9.17, 15) is 0 Å². The zero-order valence-corrected chi connectivity index (χ0v) is 13.9. The number of thiol groups is 3. The first-order valence-corrected chi connectivity index (χ1v) is 10.2. The molecule has 0 heterocycles. The summed E-state index contributed by atoms with van der Waals surface area (Å²) in [5, 5.41) is 0. The minimum atomic E-state index is 0.303. The first-order chi connectivity index (χ1) is 7.85. The predicted octanol–water partition coefficient (Wildman–Crippen LogP) is 4.60. The fourth-order valence-electron chi connectivity index (χ4n) is 1.68. The van der Waals surface area contributed by atoms with Crippen molar-refractivity contribution in [2.24, 2.45) is 0 Å². The fraction of sp³-hybridized carbons (Fsp3) is 1.00. The Morgan fingerprint density at radius 1 is 0.500 bits per heavy atom. The van der Waals surface area contributed by atoms with Gasteiger partial charge in [-0.1, -0.05) is 0 Å². The molecule has 0 aromatic rings. The van der Waals surface area contributed by atoms with Crippen LogP contribution in [-0.2, 0) is 0 Å². The summed E-state index contributed by atoms with van der Waals surface area (Å²) in [5.41, 5.74) is 0. The summed E-state index contributed by atoms with van der Waals surface area (Å²) in [5.74, 6) is 3.16. The van der Waals surface area contributed by atoms with Crippen molar-refractivity contribution in [1.29, 1.82) is 0 Å². The molecular weight excluding hydrogens is 271 g/mol. The van der Waals surface area contributed by atoms with Crippen LogP contribution in [0.4, 0.5) is 0 Å². The Balaban J connectivity index is 3.58. The van der Waals surface area contributed by atoms with Gasteiger partial charge in [-0.25, -0.2) is 0 Å². The standard InChI is InChI=1S/C12H27PS3/c14-10-4-1-7-13(8-2-5-11-15)9-3-6-12-16/h14-16H,1-12H2. The summed E-state index contributed by atoms with van der Waals surface area (Å²) in [6, 6.07) is 0. The molecule has 4 heteroatoms. The topological polar surface area (TPSA) is 0 Å². The summed E-state index contributed by atoms with van der Waals surface area (Å²) in [6.07, 6.45) is 12.4. The Kier molecular flexibility index (Phi) is 15.9. The van der Waals surface area contributed by atoms with Gasteiger partial charge in [0.1, 0.15) is 0 Å². The number of rotatable bonds is 12. The van der Waals surface area contributed by atoms with E-state index in [-0.39, 0.29) is 0 Å². The van der Waals surface area contributed by atoms with E-state index in [4.69, 9.17) is 0 Å². The van der Waals surface area contributed by atoms with E-state index >= 15 is 0 Å². The first kappa shape index (κ1) is 17.5. The maximum atomic E-state index is 4.28. The van der Waals surface area contributed by atoms with Gasteiger partial charge in [0.2, 0.25) is 0 Å². The number of hydrogen-bond donors (Lipinski definition) is 3. The molecule has 0 bridgehead atoms. The van der Waals surface area contributed by atoms with Gasteiger partial charge in [0.05, 0.1) is 0 Å². The highest BCUT2D eigenvalue weighted by atomic mass is 32.1. The average Bonchev–Trinajstić information content (AvgIpc) is 2.29. The minimum Gasteiger partial charge on any atom is -0.179 e.